The Bertz CT molecular complexity index is 2250. The predicted molar refractivity (Wildman–Crippen MR) is 211 cm³/mol. The smallest absolute Gasteiger partial charge is 0.272 e. The molecule has 0 radical (unpaired) electrons. The summed E-state index contributed by atoms with van der Waals surface area (Å²) in [5, 5.41) is 23.4. The Balaban J connectivity index is 0.723. The van der Waals surface area contributed by atoms with Crippen molar-refractivity contribution in [2.24, 2.45) is 17.8 Å². The lowest BCUT2D eigenvalue weighted by Gasteiger charge is -2.29. The van der Waals surface area contributed by atoms with Crippen molar-refractivity contribution >= 4 is 52.6 Å². The van der Waals surface area contributed by atoms with Crippen molar-refractivity contribution in [3.05, 3.63) is 75.7 Å². The molecule has 15 nitrogen and oxygen atoms in total. The molecule has 306 valence electrons. The van der Waals surface area contributed by atoms with Gasteiger partial charge in [-0.05, 0) is 99.2 Å². The summed E-state index contributed by atoms with van der Waals surface area (Å²) in [5.74, 6) is -0.673. The molecule has 1 aromatic heterocycles. The minimum Gasteiger partial charge on any atom is -0.490 e. The third-order valence-electron chi connectivity index (χ3n) is 12.9. The van der Waals surface area contributed by atoms with Gasteiger partial charge < -0.3 is 24.8 Å². The number of carbonyl (C=O) groups is 5. The molecule has 2 unspecified atom stereocenters. The fraction of sp³-hybridized carbons (Fsp3) is 0.476. The standard InChI is InChI=1S/C42H43ClFN9O6/c43-32-16-26(5-2-23(32)19-45)59-25-6-3-24(4-7-25)46-39(55)34-8-10-37(49-48-34)51-13-1-12-50(14-15-51)20-29-30-21-52(22-31(29)30)36-18-28-27(17-33(36)44)41(57)53(42(28)58)35-9-11-38(54)47-40(35)56/h2,5,8,10,16-18,24-25,29-31,35H,1,3-4,6-7,9,11-15,20-22H2,(H,46,55)(H,47,54,56)/t24?,25?,29?,30-,31+,35?. The van der Waals surface area contributed by atoms with Gasteiger partial charge in [-0.3, -0.25) is 34.2 Å². The lowest BCUT2D eigenvalue weighted by atomic mass is 9.93. The normalized spacial score (nSPS) is 26.8. The average Bonchev–Trinajstić information content (AvgIpc) is 3.66. The summed E-state index contributed by atoms with van der Waals surface area (Å²) in [6.45, 7) is 5.65. The molecule has 2 N–H and O–H groups in total. The van der Waals surface area contributed by atoms with Crippen molar-refractivity contribution in [3.8, 4) is 11.8 Å². The molecule has 9 rings (SSSR count). The topological polar surface area (TPSA) is 181 Å². The summed E-state index contributed by atoms with van der Waals surface area (Å²) in [4.78, 5) is 71.1. The second-order valence-electron chi connectivity index (χ2n) is 16.4. The van der Waals surface area contributed by atoms with Crippen LogP contribution in [0.3, 0.4) is 0 Å². The molecule has 4 aliphatic heterocycles. The van der Waals surface area contributed by atoms with Crippen LogP contribution in [0.15, 0.2) is 42.5 Å². The van der Waals surface area contributed by atoms with E-state index >= 15 is 4.39 Å². The largest absolute Gasteiger partial charge is 0.490 e. The number of nitrogens with one attached hydrogen (secondary N) is 2. The maximum Gasteiger partial charge on any atom is 0.272 e. The van der Waals surface area contributed by atoms with Gasteiger partial charge in [-0.1, -0.05) is 11.6 Å². The summed E-state index contributed by atoms with van der Waals surface area (Å²) < 4.78 is 21.6. The van der Waals surface area contributed by atoms with Gasteiger partial charge in [0.25, 0.3) is 17.7 Å². The zero-order chi connectivity index (χ0) is 40.9. The number of fused-ring (bicyclic) bond motifs is 2. The van der Waals surface area contributed by atoms with Gasteiger partial charge in [-0.2, -0.15) is 5.26 Å². The van der Waals surface area contributed by atoms with E-state index in [9.17, 15) is 24.0 Å². The van der Waals surface area contributed by atoms with Crippen molar-refractivity contribution in [2.75, 3.05) is 55.6 Å². The second kappa shape index (κ2) is 15.8. The first kappa shape index (κ1) is 38.8. The fourth-order valence-corrected chi connectivity index (χ4v) is 9.78. The molecule has 3 saturated heterocycles. The van der Waals surface area contributed by atoms with Crippen molar-refractivity contribution in [3.63, 3.8) is 0 Å². The molecule has 0 bridgehead atoms. The number of anilines is 2. The molecule has 3 aromatic rings. The quantitative estimate of drug-likeness (QED) is 0.300. The van der Waals surface area contributed by atoms with Gasteiger partial charge in [-0.25, -0.2) is 4.39 Å². The lowest BCUT2D eigenvalue weighted by Crippen LogP contribution is -2.54. The number of carbonyl (C=O) groups excluding carboxylic acids is 5. The Morgan fingerprint density at radius 3 is 2.37 bits per heavy atom. The van der Waals surface area contributed by atoms with Crippen LogP contribution in [0.25, 0.3) is 0 Å². The molecule has 5 amide bonds. The number of amides is 5. The third kappa shape index (κ3) is 7.69. The number of hydrogen-bond donors (Lipinski definition) is 2. The highest BCUT2D eigenvalue weighted by atomic mass is 35.5. The maximum absolute atomic E-state index is 15.5. The minimum absolute atomic E-state index is 0.00479. The molecule has 2 aromatic carbocycles. The van der Waals surface area contributed by atoms with Crippen LogP contribution >= 0.6 is 11.6 Å². The van der Waals surface area contributed by atoms with Crippen molar-refractivity contribution in [2.45, 2.75) is 63.1 Å². The number of ether oxygens (including phenoxy) is 1. The number of aromatic nitrogens is 2. The van der Waals surface area contributed by atoms with Crippen LogP contribution in [0, 0.1) is 34.9 Å². The van der Waals surface area contributed by atoms with Crippen molar-refractivity contribution in [1.82, 2.24) is 30.6 Å². The van der Waals surface area contributed by atoms with Gasteiger partial charge in [0.1, 0.15) is 23.7 Å². The van der Waals surface area contributed by atoms with Gasteiger partial charge in [0.05, 0.1) is 33.5 Å². The van der Waals surface area contributed by atoms with Crippen LogP contribution in [0.4, 0.5) is 15.9 Å². The highest BCUT2D eigenvalue weighted by Gasteiger charge is 2.56. The number of piperidine rings is 2. The molecule has 17 heteroatoms. The maximum atomic E-state index is 15.5. The van der Waals surface area contributed by atoms with Crippen LogP contribution in [-0.4, -0.2) is 114 Å². The van der Waals surface area contributed by atoms with Crippen LogP contribution in [-0.2, 0) is 9.59 Å². The number of hydrogen-bond acceptors (Lipinski definition) is 12. The molecule has 6 aliphatic rings. The van der Waals surface area contributed by atoms with E-state index in [4.69, 9.17) is 21.6 Å². The molecule has 5 heterocycles. The second-order valence-corrected chi connectivity index (χ2v) is 16.8. The van der Waals surface area contributed by atoms with Gasteiger partial charge in [0.15, 0.2) is 11.5 Å². The minimum atomic E-state index is -1.10. The molecule has 5 fully saturated rings. The number of benzene rings is 2. The van der Waals surface area contributed by atoms with Gasteiger partial charge in [0.2, 0.25) is 11.8 Å². The van der Waals surface area contributed by atoms with Crippen LogP contribution in [0.5, 0.6) is 5.75 Å². The first-order valence-corrected chi connectivity index (χ1v) is 20.7. The van der Waals surface area contributed by atoms with Crippen molar-refractivity contribution < 1.29 is 33.1 Å². The molecule has 4 atom stereocenters. The Morgan fingerprint density at radius 1 is 0.915 bits per heavy atom. The molecule has 2 saturated carbocycles. The van der Waals surface area contributed by atoms with E-state index in [1.165, 1.54) is 6.07 Å². The van der Waals surface area contributed by atoms with E-state index in [0.29, 0.717) is 47.2 Å². The Kier molecular flexibility index (Phi) is 10.4. The summed E-state index contributed by atoms with van der Waals surface area (Å²) >= 11 is 6.15. The number of nitriles is 1. The van der Waals surface area contributed by atoms with E-state index in [-0.39, 0.29) is 53.4 Å². The Labute approximate surface area is 344 Å². The fourth-order valence-electron chi connectivity index (χ4n) is 9.57. The van der Waals surface area contributed by atoms with E-state index in [1.54, 1.807) is 24.3 Å². The molecule has 2 aliphatic carbocycles. The highest BCUT2D eigenvalue weighted by molar-refractivity contribution is 6.31. The number of nitrogens with zero attached hydrogens (tertiary/aromatic N) is 7. The molecular weight excluding hydrogens is 781 g/mol. The highest BCUT2D eigenvalue weighted by Crippen LogP contribution is 2.53. The van der Waals surface area contributed by atoms with E-state index in [0.717, 1.165) is 81.6 Å². The SMILES string of the molecule is N#Cc1ccc(OC2CCC(NC(=O)c3ccc(N4CCCN(CC5[C@H]6CN(c7cc8c(cc7F)C(=O)N(C7CCC(=O)NC7=O)C8=O)C[C@@H]56)CC4)nn3)CC2)cc1Cl. The zero-order valence-electron chi connectivity index (χ0n) is 32.2. The molecule has 0 spiro atoms. The van der Waals surface area contributed by atoms with Crippen LogP contribution in [0.1, 0.15) is 81.7 Å². The summed E-state index contributed by atoms with van der Waals surface area (Å²) in [7, 11) is 0. The van der Waals surface area contributed by atoms with E-state index in [2.05, 4.69) is 30.6 Å². The summed E-state index contributed by atoms with van der Waals surface area (Å²) in [6.07, 6.45) is 4.10. The Morgan fingerprint density at radius 2 is 1.68 bits per heavy atom. The van der Waals surface area contributed by atoms with Gasteiger partial charge >= 0.3 is 0 Å². The number of halogens is 2. The van der Waals surface area contributed by atoms with Gasteiger partial charge in [-0.15, -0.1) is 10.2 Å². The monoisotopic (exact) mass is 823 g/mol. The lowest BCUT2D eigenvalue weighted by molar-refractivity contribution is -0.136. The first-order valence-electron chi connectivity index (χ1n) is 20.3. The molecule has 59 heavy (non-hydrogen) atoms. The van der Waals surface area contributed by atoms with Gasteiger partial charge in [0, 0.05) is 57.8 Å². The van der Waals surface area contributed by atoms with Crippen LogP contribution < -0.4 is 25.2 Å². The zero-order valence-corrected chi connectivity index (χ0v) is 33.0. The summed E-state index contributed by atoms with van der Waals surface area (Å²) in [6, 6.07) is 12.2. The summed E-state index contributed by atoms with van der Waals surface area (Å²) in [5.41, 5.74) is 0.996. The van der Waals surface area contributed by atoms with Crippen LogP contribution in [0.2, 0.25) is 5.02 Å². The van der Waals surface area contributed by atoms with E-state index in [1.807, 2.05) is 17.0 Å². The van der Waals surface area contributed by atoms with E-state index < -0.39 is 35.5 Å². The number of rotatable bonds is 9. The van der Waals surface area contributed by atoms with Crippen molar-refractivity contribution in [1.29, 1.82) is 5.26 Å². The molecular formula is C42H43ClFN9O6. The number of imide groups is 2. The Hall–Kier alpha value is -5.66. The third-order valence-corrected chi connectivity index (χ3v) is 13.2. The average molecular weight is 824 g/mol. The predicted octanol–water partition coefficient (Wildman–Crippen LogP) is 3.56. The first-order chi connectivity index (χ1) is 28.5.